The monoisotopic (exact) mass is 324 g/mol. The van der Waals surface area contributed by atoms with E-state index in [9.17, 15) is 9.18 Å². The van der Waals surface area contributed by atoms with Crippen LogP contribution in [0.2, 0.25) is 5.02 Å². The van der Waals surface area contributed by atoms with Crippen LogP contribution in [0.5, 0.6) is 5.75 Å². The van der Waals surface area contributed by atoms with E-state index in [1.54, 1.807) is 36.4 Å². The molecule has 0 aromatic heterocycles. The molecule has 2 aromatic carbocycles. The Balaban J connectivity index is 2.06. The molecule has 2 rings (SSSR count). The molecule has 2 aromatic rings. The van der Waals surface area contributed by atoms with Gasteiger partial charge >= 0.3 is 0 Å². The summed E-state index contributed by atoms with van der Waals surface area (Å²) < 4.78 is 18.6. The van der Waals surface area contributed by atoms with Crippen molar-refractivity contribution in [2.24, 2.45) is 0 Å². The van der Waals surface area contributed by atoms with Gasteiger partial charge in [0.25, 0.3) is 0 Å². The van der Waals surface area contributed by atoms with Gasteiger partial charge in [-0.3, -0.25) is 4.79 Å². The van der Waals surface area contributed by atoms with Gasteiger partial charge in [-0.2, -0.15) is 0 Å². The van der Waals surface area contributed by atoms with Crippen LogP contribution in [0.3, 0.4) is 0 Å². The summed E-state index contributed by atoms with van der Waals surface area (Å²) in [5.74, 6) is 0.170. The van der Waals surface area contributed by atoms with Gasteiger partial charge in [-0.15, -0.1) is 0 Å². The SMILES string of the molecule is O=C(Cl)/C=C/c1ccc(OCc2cccc(F)c2)c(Cl)c1. The number of benzene rings is 2. The third kappa shape index (κ3) is 4.88. The standard InChI is InChI=1S/C16H11Cl2FO2/c17-14-9-11(5-7-16(18)20)4-6-15(14)21-10-12-2-1-3-13(19)8-12/h1-9H,10H2/b7-5+. The number of carbonyl (C=O) groups excluding carboxylic acids is 1. The molecule has 0 aliphatic heterocycles. The van der Waals surface area contributed by atoms with Crippen molar-refractivity contribution >= 4 is 34.5 Å². The van der Waals surface area contributed by atoms with Gasteiger partial charge in [0.05, 0.1) is 5.02 Å². The van der Waals surface area contributed by atoms with Crippen molar-refractivity contribution in [1.82, 2.24) is 0 Å². The maximum Gasteiger partial charge on any atom is 0.245 e. The van der Waals surface area contributed by atoms with Gasteiger partial charge in [0, 0.05) is 0 Å². The molecule has 108 valence electrons. The lowest BCUT2D eigenvalue weighted by Gasteiger charge is -2.08. The first-order valence-electron chi connectivity index (χ1n) is 6.09. The van der Waals surface area contributed by atoms with Crippen LogP contribution in [0.1, 0.15) is 11.1 Å². The van der Waals surface area contributed by atoms with Crippen LogP contribution in [0.15, 0.2) is 48.5 Å². The fourth-order valence-corrected chi connectivity index (χ4v) is 1.99. The van der Waals surface area contributed by atoms with Gasteiger partial charge in [0.15, 0.2) is 0 Å². The quantitative estimate of drug-likeness (QED) is 0.581. The highest BCUT2D eigenvalue weighted by molar-refractivity contribution is 6.66. The van der Waals surface area contributed by atoms with Crippen LogP contribution in [0.25, 0.3) is 6.08 Å². The number of halogens is 3. The van der Waals surface area contributed by atoms with E-state index in [-0.39, 0.29) is 12.4 Å². The Hall–Kier alpha value is -1.84. The Kier molecular flexibility index (Phi) is 5.37. The molecule has 0 saturated carbocycles. The summed E-state index contributed by atoms with van der Waals surface area (Å²) in [6.45, 7) is 0.215. The average molecular weight is 325 g/mol. The zero-order valence-corrected chi connectivity index (χ0v) is 12.4. The lowest BCUT2D eigenvalue weighted by atomic mass is 10.2. The minimum Gasteiger partial charge on any atom is -0.487 e. The van der Waals surface area contributed by atoms with Crippen molar-refractivity contribution in [2.75, 3.05) is 0 Å². The molecule has 0 aliphatic carbocycles. The summed E-state index contributed by atoms with van der Waals surface area (Å²) in [5.41, 5.74) is 1.44. The Bertz CT molecular complexity index is 684. The van der Waals surface area contributed by atoms with Crippen LogP contribution >= 0.6 is 23.2 Å². The topological polar surface area (TPSA) is 26.3 Å². The maximum atomic E-state index is 13.0. The van der Waals surface area contributed by atoms with E-state index in [1.165, 1.54) is 18.2 Å². The number of ether oxygens (including phenoxy) is 1. The molecule has 2 nitrogen and oxygen atoms in total. The van der Waals surface area contributed by atoms with Gasteiger partial charge in [0.2, 0.25) is 5.24 Å². The van der Waals surface area contributed by atoms with Gasteiger partial charge in [-0.05, 0) is 53.1 Å². The molecule has 0 atom stereocenters. The van der Waals surface area contributed by atoms with E-state index < -0.39 is 5.24 Å². The first-order chi connectivity index (χ1) is 10.0. The molecule has 0 aliphatic rings. The second-order valence-electron chi connectivity index (χ2n) is 4.25. The molecular formula is C16H11Cl2FO2. The van der Waals surface area contributed by atoms with Crippen molar-refractivity contribution in [2.45, 2.75) is 6.61 Å². The third-order valence-corrected chi connectivity index (χ3v) is 3.07. The number of hydrogen-bond donors (Lipinski definition) is 0. The minimum atomic E-state index is -0.558. The van der Waals surface area contributed by atoms with E-state index in [0.717, 1.165) is 5.56 Å². The van der Waals surface area contributed by atoms with Crippen LogP contribution in [0, 0.1) is 5.82 Å². The predicted molar refractivity (Wildman–Crippen MR) is 82.1 cm³/mol. The van der Waals surface area contributed by atoms with Gasteiger partial charge in [-0.1, -0.05) is 35.9 Å². The van der Waals surface area contributed by atoms with E-state index in [1.807, 2.05) is 0 Å². The van der Waals surface area contributed by atoms with E-state index in [0.29, 0.717) is 16.3 Å². The lowest BCUT2D eigenvalue weighted by Crippen LogP contribution is -1.96. The minimum absolute atomic E-state index is 0.215. The first kappa shape index (κ1) is 15.5. The predicted octanol–water partition coefficient (Wildman–Crippen LogP) is 4.84. The fourth-order valence-electron chi connectivity index (χ4n) is 1.69. The molecule has 5 heteroatoms. The van der Waals surface area contributed by atoms with E-state index in [4.69, 9.17) is 27.9 Å². The molecule has 0 bridgehead atoms. The smallest absolute Gasteiger partial charge is 0.245 e. The Morgan fingerprint density at radius 1 is 1.24 bits per heavy atom. The van der Waals surface area contributed by atoms with Gasteiger partial charge < -0.3 is 4.74 Å². The van der Waals surface area contributed by atoms with Crippen molar-refractivity contribution < 1.29 is 13.9 Å². The molecule has 0 amide bonds. The van der Waals surface area contributed by atoms with Crippen LogP contribution in [0.4, 0.5) is 4.39 Å². The molecule has 0 N–H and O–H groups in total. The summed E-state index contributed by atoms with van der Waals surface area (Å²) in [4.78, 5) is 10.6. The molecule has 0 saturated heterocycles. The molecule has 0 radical (unpaired) electrons. The van der Waals surface area contributed by atoms with Crippen molar-refractivity contribution in [1.29, 1.82) is 0 Å². The first-order valence-corrected chi connectivity index (χ1v) is 6.84. The van der Waals surface area contributed by atoms with Crippen LogP contribution in [-0.4, -0.2) is 5.24 Å². The number of rotatable bonds is 5. The Morgan fingerprint density at radius 2 is 2.05 bits per heavy atom. The number of carbonyl (C=O) groups is 1. The second-order valence-corrected chi connectivity index (χ2v) is 5.03. The molecule has 0 spiro atoms. The van der Waals surface area contributed by atoms with Crippen LogP contribution < -0.4 is 4.74 Å². The highest BCUT2D eigenvalue weighted by Crippen LogP contribution is 2.27. The summed E-state index contributed by atoms with van der Waals surface area (Å²) in [5, 5.41) is -0.159. The van der Waals surface area contributed by atoms with Gasteiger partial charge in [0.1, 0.15) is 18.2 Å². The summed E-state index contributed by atoms with van der Waals surface area (Å²) >= 11 is 11.3. The summed E-state index contributed by atoms with van der Waals surface area (Å²) in [6.07, 6.45) is 2.79. The molecule has 0 unspecified atom stereocenters. The highest BCUT2D eigenvalue weighted by Gasteiger charge is 2.03. The number of hydrogen-bond acceptors (Lipinski definition) is 2. The zero-order valence-electron chi connectivity index (χ0n) is 10.9. The highest BCUT2D eigenvalue weighted by atomic mass is 35.5. The lowest BCUT2D eigenvalue weighted by molar-refractivity contribution is -0.107. The molecular weight excluding hydrogens is 314 g/mol. The zero-order chi connectivity index (χ0) is 15.2. The maximum absolute atomic E-state index is 13.0. The normalized spacial score (nSPS) is 10.8. The Morgan fingerprint density at radius 3 is 2.71 bits per heavy atom. The van der Waals surface area contributed by atoms with Gasteiger partial charge in [-0.25, -0.2) is 4.39 Å². The van der Waals surface area contributed by atoms with Crippen molar-refractivity contribution in [3.8, 4) is 5.75 Å². The van der Waals surface area contributed by atoms with E-state index >= 15 is 0 Å². The summed E-state index contributed by atoms with van der Waals surface area (Å²) in [7, 11) is 0. The molecule has 0 fully saturated rings. The molecule has 21 heavy (non-hydrogen) atoms. The largest absolute Gasteiger partial charge is 0.487 e. The van der Waals surface area contributed by atoms with Crippen molar-refractivity contribution in [3.63, 3.8) is 0 Å². The Labute approximate surface area is 131 Å². The number of allylic oxidation sites excluding steroid dienone is 1. The van der Waals surface area contributed by atoms with E-state index in [2.05, 4.69) is 0 Å². The third-order valence-electron chi connectivity index (χ3n) is 2.65. The second kappa shape index (κ2) is 7.25. The fraction of sp³-hybridized carbons (Fsp3) is 0.0625. The van der Waals surface area contributed by atoms with Crippen LogP contribution in [-0.2, 0) is 11.4 Å². The average Bonchev–Trinajstić information content (AvgIpc) is 2.44. The molecule has 0 heterocycles. The van der Waals surface area contributed by atoms with Crippen molar-refractivity contribution in [3.05, 3.63) is 70.5 Å². The summed E-state index contributed by atoms with van der Waals surface area (Å²) in [6, 6.07) is 11.2.